The third-order valence-corrected chi connectivity index (χ3v) is 5.22. The molecule has 1 aromatic heterocycles. The van der Waals surface area contributed by atoms with Crippen LogP contribution in [0.4, 0.5) is 11.5 Å². The molecule has 1 aliphatic rings. The van der Waals surface area contributed by atoms with Gasteiger partial charge < -0.3 is 15.5 Å². The summed E-state index contributed by atoms with van der Waals surface area (Å²) in [5.74, 6) is 0.110. The van der Waals surface area contributed by atoms with Crippen LogP contribution in [0.5, 0.6) is 0 Å². The number of amides is 2. The van der Waals surface area contributed by atoms with E-state index in [0.717, 1.165) is 19.3 Å². The van der Waals surface area contributed by atoms with Crippen molar-refractivity contribution in [1.82, 2.24) is 14.5 Å². The number of unbranched alkanes of at least 4 members (excludes halogenated alkanes) is 1. The van der Waals surface area contributed by atoms with Crippen LogP contribution in [0.1, 0.15) is 59.3 Å². The Morgan fingerprint density at radius 2 is 1.97 bits per heavy atom. The van der Waals surface area contributed by atoms with Crippen molar-refractivity contribution in [3.05, 3.63) is 20.8 Å². The van der Waals surface area contributed by atoms with Crippen LogP contribution in [0.2, 0.25) is 0 Å². The number of hydrogen-bond donors (Lipinski definition) is 2. The fourth-order valence-electron chi connectivity index (χ4n) is 3.43. The summed E-state index contributed by atoms with van der Waals surface area (Å²) >= 11 is 0. The minimum absolute atomic E-state index is 0.0153. The zero-order chi connectivity index (χ0) is 21.6. The van der Waals surface area contributed by atoms with Gasteiger partial charge in [-0.05, 0) is 25.2 Å². The number of nitrogen functional groups attached to an aromatic ring is 1. The van der Waals surface area contributed by atoms with E-state index >= 15 is 0 Å². The van der Waals surface area contributed by atoms with Gasteiger partial charge in [-0.3, -0.25) is 23.9 Å². The lowest BCUT2D eigenvalue weighted by Crippen LogP contribution is -2.43. The van der Waals surface area contributed by atoms with E-state index in [1.807, 2.05) is 20.8 Å². The standard InChI is InChI=1S/C20H33N5O4/c1-4-5-11-25-18(21)17(19(28)22-20(25)29)24(13-8-14(2)3)16(27)9-12-23-10-6-7-15(23)26/h14H,4-13,21H2,1-3H3,(H,22,28,29). The number of H-pyrrole nitrogens is 1. The highest BCUT2D eigenvalue weighted by Gasteiger charge is 2.26. The van der Waals surface area contributed by atoms with Crippen molar-refractivity contribution < 1.29 is 9.59 Å². The number of anilines is 2. The molecule has 0 aromatic carbocycles. The summed E-state index contributed by atoms with van der Waals surface area (Å²) in [6, 6.07) is 0. The molecular weight excluding hydrogens is 374 g/mol. The van der Waals surface area contributed by atoms with Crippen molar-refractivity contribution in [3.63, 3.8) is 0 Å². The average molecular weight is 408 g/mol. The van der Waals surface area contributed by atoms with E-state index in [0.29, 0.717) is 44.9 Å². The maximum absolute atomic E-state index is 13.0. The molecule has 1 saturated heterocycles. The lowest BCUT2D eigenvalue weighted by Gasteiger charge is -2.26. The molecule has 0 atom stereocenters. The first-order chi connectivity index (χ1) is 13.8. The molecule has 0 bridgehead atoms. The molecule has 162 valence electrons. The quantitative estimate of drug-likeness (QED) is 0.606. The topological polar surface area (TPSA) is 121 Å². The lowest BCUT2D eigenvalue weighted by atomic mass is 10.1. The van der Waals surface area contributed by atoms with Crippen molar-refractivity contribution >= 4 is 23.3 Å². The van der Waals surface area contributed by atoms with E-state index in [1.165, 1.54) is 9.47 Å². The summed E-state index contributed by atoms with van der Waals surface area (Å²) in [6.07, 6.45) is 3.70. The van der Waals surface area contributed by atoms with E-state index in [4.69, 9.17) is 5.73 Å². The number of nitrogens with two attached hydrogens (primary N) is 1. The van der Waals surface area contributed by atoms with Crippen molar-refractivity contribution in [3.8, 4) is 0 Å². The van der Waals surface area contributed by atoms with Gasteiger partial charge in [-0.25, -0.2) is 4.79 Å². The Kier molecular flexibility index (Phi) is 8.04. The lowest BCUT2D eigenvalue weighted by molar-refractivity contribution is -0.128. The highest BCUT2D eigenvalue weighted by Crippen LogP contribution is 2.20. The number of nitrogens with zero attached hydrogens (tertiary/aromatic N) is 3. The van der Waals surface area contributed by atoms with Crippen LogP contribution in [-0.4, -0.2) is 45.9 Å². The van der Waals surface area contributed by atoms with Gasteiger partial charge in [-0.15, -0.1) is 0 Å². The molecule has 3 N–H and O–H groups in total. The van der Waals surface area contributed by atoms with Crippen LogP contribution in [0.25, 0.3) is 0 Å². The monoisotopic (exact) mass is 407 g/mol. The fraction of sp³-hybridized carbons (Fsp3) is 0.700. The van der Waals surface area contributed by atoms with Gasteiger partial charge in [0.05, 0.1) is 0 Å². The highest BCUT2D eigenvalue weighted by molar-refractivity contribution is 5.95. The average Bonchev–Trinajstić information content (AvgIpc) is 3.06. The Bertz CT molecular complexity index is 842. The minimum Gasteiger partial charge on any atom is -0.383 e. The third kappa shape index (κ3) is 5.71. The molecule has 2 amide bonds. The van der Waals surface area contributed by atoms with Crippen LogP contribution in [0, 0.1) is 5.92 Å². The molecule has 0 aliphatic carbocycles. The smallest absolute Gasteiger partial charge is 0.330 e. The van der Waals surface area contributed by atoms with Gasteiger partial charge >= 0.3 is 5.69 Å². The summed E-state index contributed by atoms with van der Waals surface area (Å²) in [7, 11) is 0. The SMILES string of the molecule is CCCCn1c(N)c(N(CCC(C)C)C(=O)CCN2CCCC2=O)c(=O)[nH]c1=O. The van der Waals surface area contributed by atoms with Gasteiger partial charge in [0, 0.05) is 39.0 Å². The summed E-state index contributed by atoms with van der Waals surface area (Å²) in [4.78, 5) is 55.0. The van der Waals surface area contributed by atoms with Gasteiger partial charge in [0.2, 0.25) is 11.8 Å². The number of hydrogen-bond acceptors (Lipinski definition) is 5. The van der Waals surface area contributed by atoms with E-state index in [-0.39, 0.29) is 29.7 Å². The molecule has 0 radical (unpaired) electrons. The number of nitrogens with one attached hydrogen (secondary N) is 1. The van der Waals surface area contributed by atoms with Gasteiger partial charge in [0.1, 0.15) is 5.82 Å². The first kappa shape index (κ1) is 22.7. The Hall–Kier alpha value is -2.58. The zero-order valence-electron chi connectivity index (χ0n) is 17.7. The first-order valence-electron chi connectivity index (χ1n) is 10.5. The number of carbonyl (C=O) groups excluding carboxylic acids is 2. The van der Waals surface area contributed by atoms with Crippen molar-refractivity contribution in [2.75, 3.05) is 30.3 Å². The molecule has 0 saturated carbocycles. The van der Waals surface area contributed by atoms with E-state index in [9.17, 15) is 19.2 Å². The molecule has 2 heterocycles. The predicted molar refractivity (Wildman–Crippen MR) is 113 cm³/mol. The third-order valence-electron chi connectivity index (χ3n) is 5.22. The molecule has 29 heavy (non-hydrogen) atoms. The van der Waals surface area contributed by atoms with Gasteiger partial charge in [0.25, 0.3) is 5.56 Å². The van der Waals surface area contributed by atoms with Crippen LogP contribution < -0.4 is 21.9 Å². The highest BCUT2D eigenvalue weighted by atomic mass is 16.2. The van der Waals surface area contributed by atoms with Crippen LogP contribution >= 0.6 is 0 Å². The van der Waals surface area contributed by atoms with E-state index < -0.39 is 11.2 Å². The fourth-order valence-corrected chi connectivity index (χ4v) is 3.43. The maximum atomic E-state index is 13.0. The second kappa shape index (κ2) is 10.3. The predicted octanol–water partition coefficient (Wildman–Crippen LogP) is 1.31. The van der Waals surface area contributed by atoms with Crippen molar-refractivity contribution in [2.24, 2.45) is 5.92 Å². The molecule has 9 nitrogen and oxygen atoms in total. The normalized spacial score (nSPS) is 14.1. The molecule has 0 unspecified atom stereocenters. The molecule has 0 spiro atoms. The second-order valence-electron chi connectivity index (χ2n) is 7.96. The van der Waals surface area contributed by atoms with Crippen LogP contribution in [0.15, 0.2) is 9.59 Å². The minimum atomic E-state index is -0.658. The summed E-state index contributed by atoms with van der Waals surface area (Å²) in [5.41, 5.74) is 5.00. The second-order valence-corrected chi connectivity index (χ2v) is 7.96. The zero-order valence-corrected chi connectivity index (χ0v) is 17.7. The number of likely N-dealkylation sites (tertiary alicyclic amines) is 1. The number of aromatic amines is 1. The maximum Gasteiger partial charge on any atom is 0.330 e. The molecule has 1 fully saturated rings. The summed E-state index contributed by atoms with van der Waals surface area (Å²) < 4.78 is 1.32. The van der Waals surface area contributed by atoms with E-state index in [1.54, 1.807) is 4.90 Å². The largest absolute Gasteiger partial charge is 0.383 e. The molecule has 9 heteroatoms. The van der Waals surface area contributed by atoms with Gasteiger partial charge in [-0.2, -0.15) is 0 Å². The van der Waals surface area contributed by atoms with Crippen molar-refractivity contribution in [2.45, 2.75) is 65.8 Å². The first-order valence-corrected chi connectivity index (χ1v) is 10.5. The number of rotatable bonds is 10. The van der Waals surface area contributed by atoms with Crippen LogP contribution in [0.3, 0.4) is 0 Å². The Morgan fingerprint density at radius 3 is 2.55 bits per heavy atom. The summed E-state index contributed by atoms with van der Waals surface area (Å²) in [5, 5.41) is 0. The molecule has 2 rings (SSSR count). The molecule has 1 aliphatic heterocycles. The van der Waals surface area contributed by atoms with Gasteiger partial charge in [0.15, 0.2) is 5.69 Å². The van der Waals surface area contributed by atoms with Crippen molar-refractivity contribution in [1.29, 1.82) is 0 Å². The Balaban J connectivity index is 2.33. The molecule has 1 aromatic rings. The molecular formula is C20H33N5O4. The Labute approximate surface area is 170 Å². The van der Waals surface area contributed by atoms with E-state index in [2.05, 4.69) is 4.98 Å². The van der Waals surface area contributed by atoms with Crippen LogP contribution in [-0.2, 0) is 16.1 Å². The number of carbonyl (C=O) groups is 2. The number of aromatic nitrogens is 2. The summed E-state index contributed by atoms with van der Waals surface area (Å²) in [6.45, 7) is 7.73. The Morgan fingerprint density at radius 1 is 1.24 bits per heavy atom. The van der Waals surface area contributed by atoms with Gasteiger partial charge in [-0.1, -0.05) is 27.2 Å².